The SMILES string of the molecule is CN=C(NCCc1nccn1Cc1ccccc1)N1CCOC(c2ccccc2C)C1. The molecule has 1 unspecified atom stereocenters. The zero-order valence-electron chi connectivity index (χ0n) is 18.4. The summed E-state index contributed by atoms with van der Waals surface area (Å²) in [7, 11) is 1.84. The van der Waals surface area contributed by atoms with Crippen LogP contribution in [0.15, 0.2) is 72.0 Å². The number of aromatic nitrogens is 2. The summed E-state index contributed by atoms with van der Waals surface area (Å²) in [6.07, 6.45) is 4.83. The first-order valence-electron chi connectivity index (χ1n) is 10.9. The smallest absolute Gasteiger partial charge is 0.193 e. The number of aliphatic imine (C=N–C) groups is 1. The molecule has 1 aliphatic rings. The summed E-state index contributed by atoms with van der Waals surface area (Å²) in [5, 5.41) is 3.52. The molecule has 1 aromatic heterocycles. The topological polar surface area (TPSA) is 54.7 Å². The van der Waals surface area contributed by atoms with Gasteiger partial charge in [-0.2, -0.15) is 0 Å². The van der Waals surface area contributed by atoms with Crippen molar-refractivity contribution < 1.29 is 4.74 Å². The molecule has 2 heterocycles. The summed E-state index contributed by atoms with van der Waals surface area (Å²) in [6.45, 7) is 6.10. The molecule has 0 saturated carbocycles. The number of imidazole rings is 1. The molecular formula is C25H31N5O. The van der Waals surface area contributed by atoms with Crippen molar-refractivity contribution in [3.8, 4) is 0 Å². The van der Waals surface area contributed by atoms with Gasteiger partial charge in [-0.1, -0.05) is 54.6 Å². The molecule has 1 saturated heterocycles. The lowest BCUT2D eigenvalue weighted by atomic mass is 10.0. The maximum absolute atomic E-state index is 6.07. The lowest BCUT2D eigenvalue weighted by molar-refractivity contribution is -0.00829. The maximum Gasteiger partial charge on any atom is 0.193 e. The second-order valence-electron chi connectivity index (χ2n) is 7.84. The lowest BCUT2D eigenvalue weighted by Gasteiger charge is -2.35. The van der Waals surface area contributed by atoms with E-state index in [0.717, 1.165) is 44.4 Å². The summed E-state index contributed by atoms with van der Waals surface area (Å²) < 4.78 is 8.28. The number of nitrogens with zero attached hydrogens (tertiary/aromatic N) is 4. The van der Waals surface area contributed by atoms with Crippen LogP contribution in [0.5, 0.6) is 0 Å². The van der Waals surface area contributed by atoms with Gasteiger partial charge in [-0.3, -0.25) is 4.99 Å². The largest absolute Gasteiger partial charge is 0.370 e. The molecule has 1 fully saturated rings. The van der Waals surface area contributed by atoms with Gasteiger partial charge >= 0.3 is 0 Å². The van der Waals surface area contributed by atoms with Crippen molar-refractivity contribution in [3.63, 3.8) is 0 Å². The molecule has 1 atom stereocenters. The fourth-order valence-electron chi connectivity index (χ4n) is 4.09. The van der Waals surface area contributed by atoms with Gasteiger partial charge in [-0.15, -0.1) is 0 Å². The summed E-state index contributed by atoms with van der Waals surface area (Å²) in [4.78, 5) is 11.4. The van der Waals surface area contributed by atoms with Crippen LogP contribution in [0.1, 0.15) is 28.6 Å². The van der Waals surface area contributed by atoms with Crippen LogP contribution in [0.4, 0.5) is 0 Å². The van der Waals surface area contributed by atoms with Gasteiger partial charge < -0.3 is 19.5 Å². The summed E-state index contributed by atoms with van der Waals surface area (Å²) >= 11 is 0. The number of hydrogen-bond donors (Lipinski definition) is 1. The molecule has 2 aromatic carbocycles. The number of rotatable bonds is 6. The van der Waals surface area contributed by atoms with Gasteiger partial charge in [0, 0.05) is 45.5 Å². The Labute approximate surface area is 184 Å². The fourth-order valence-corrected chi connectivity index (χ4v) is 4.09. The van der Waals surface area contributed by atoms with E-state index in [1.807, 2.05) is 25.5 Å². The van der Waals surface area contributed by atoms with Crippen LogP contribution in [-0.2, 0) is 17.7 Å². The Morgan fingerprint density at radius 3 is 2.77 bits per heavy atom. The van der Waals surface area contributed by atoms with E-state index in [0.29, 0.717) is 6.61 Å². The quantitative estimate of drug-likeness (QED) is 0.493. The Morgan fingerprint density at radius 2 is 1.97 bits per heavy atom. The van der Waals surface area contributed by atoms with Crippen molar-refractivity contribution in [1.29, 1.82) is 0 Å². The summed E-state index contributed by atoms with van der Waals surface area (Å²) in [5.41, 5.74) is 3.80. The highest BCUT2D eigenvalue weighted by atomic mass is 16.5. The first-order chi connectivity index (χ1) is 15.2. The zero-order valence-corrected chi connectivity index (χ0v) is 18.4. The van der Waals surface area contributed by atoms with E-state index in [1.165, 1.54) is 16.7 Å². The Kier molecular flexibility index (Phi) is 6.99. The van der Waals surface area contributed by atoms with Crippen molar-refractivity contribution in [2.45, 2.75) is 26.0 Å². The first-order valence-corrected chi connectivity index (χ1v) is 10.9. The molecule has 0 radical (unpaired) electrons. The van der Waals surface area contributed by atoms with Gasteiger partial charge in [0.05, 0.1) is 13.2 Å². The zero-order chi connectivity index (χ0) is 21.5. The van der Waals surface area contributed by atoms with E-state index in [9.17, 15) is 0 Å². The molecule has 3 aromatic rings. The van der Waals surface area contributed by atoms with E-state index < -0.39 is 0 Å². The van der Waals surface area contributed by atoms with Crippen LogP contribution in [0, 0.1) is 6.92 Å². The van der Waals surface area contributed by atoms with Crippen molar-refractivity contribution >= 4 is 5.96 Å². The predicted molar refractivity (Wildman–Crippen MR) is 124 cm³/mol. The van der Waals surface area contributed by atoms with Crippen LogP contribution in [0.2, 0.25) is 0 Å². The highest BCUT2D eigenvalue weighted by Crippen LogP contribution is 2.24. The molecule has 0 spiro atoms. The third-order valence-electron chi connectivity index (χ3n) is 5.74. The average molecular weight is 418 g/mol. The summed E-state index contributed by atoms with van der Waals surface area (Å²) in [5.74, 6) is 2.00. The third kappa shape index (κ3) is 5.33. The van der Waals surface area contributed by atoms with E-state index >= 15 is 0 Å². The minimum atomic E-state index is 0.0678. The Hall–Kier alpha value is -3.12. The van der Waals surface area contributed by atoms with Gasteiger partial charge in [0.15, 0.2) is 5.96 Å². The monoisotopic (exact) mass is 417 g/mol. The number of morpholine rings is 1. The van der Waals surface area contributed by atoms with E-state index in [-0.39, 0.29) is 6.10 Å². The third-order valence-corrected chi connectivity index (χ3v) is 5.74. The second-order valence-corrected chi connectivity index (χ2v) is 7.84. The molecule has 31 heavy (non-hydrogen) atoms. The van der Waals surface area contributed by atoms with E-state index in [4.69, 9.17) is 4.74 Å². The Morgan fingerprint density at radius 1 is 1.16 bits per heavy atom. The maximum atomic E-state index is 6.07. The number of hydrogen-bond acceptors (Lipinski definition) is 3. The Balaban J connectivity index is 1.33. The van der Waals surface area contributed by atoms with Gasteiger partial charge in [0.25, 0.3) is 0 Å². The summed E-state index contributed by atoms with van der Waals surface area (Å²) in [6, 6.07) is 18.9. The van der Waals surface area contributed by atoms with Crippen molar-refractivity contribution in [2.75, 3.05) is 33.3 Å². The minimum Gasteiger partial charge on any atom is -0.370 e. The lowest BCUT2D eigenvalue weighted by Crippen LogP contribution is -2.48. The Bertz CT molecular complexity index is 998. The van der Waals surface area contributed by atoms with E-state index in [2.05, 4.69) is 80.2 Å². The first kappa shape index (κ1) is 21.1. The molecule has 0 aliphatic carbocycles. The normalized spacial score (nSPS) is 17.0. The highest BCUT2D eigenvalue weighted by molar-refractivity contribution is 5.80. The molecule has 1 N–H and O–H groups in total. The van der Waals surface area contributed by atoms with Crippen LogP contribution >= 0.6 is 0 Å². The number of guanidine groups is 1. The van der Waals surface area contributed by atoms with Crippen molar-refractivity contribution in [3.05, 3.63) is 89.5 Å². The molecule has 6 nitrogen and oxygen atoms in total. The molecule has 162 valence electrons. The van der Waals surface area contributed by atoms with Gasteiger partial charge in [-0.25, -0.2) is 4.98 Å². The van der Waals surface area contributed by atoms with Crippen LogP contribution < -0.4 is 5.32 Å². The predicted octanol–water partition coefficient (Wildman–Crippen LogP) is 3.43. The molecule has 1 aliphatic heterocycles. The van der Waals surface area contributed by atoms with Gasteiger partial charge in [-0.05, 0) is 23.6 Å². The standard InChI is InChI=1S/C25H31N5O/c1-20-8-6-7-11-22(20)23-19-30(16-17-31-23)25(26-2)28-13-12-24-27-14-15-29(24)18-21-9-4-3-5-10-21/h3-11,14-15,23H,12-13,16-19H2,1-2H3,(H,26,28). The minimum absolute atomic E-state index is 0.0678. The molecule has 6 heteroatoms. The second kappa shape index (κ2) is 10.3. The van der Waals surface area contributed by atoms with Gasteiger partial charge in [0.1, 0.15) is 11.9 Å². The fraction of sp³-hybridized carbons (Fsp3) is 0.360. The van der Waals surface area contributed by atoms with Gasteiger partial charge in [0.2, 0.25) is 0 Å². The van der Waals surface area contributed by atoms with Crippen molar-refractivity contribution in [2.24, 2.45) is 4.99 Å². The average Bonchev–Trinajstić information content (AvgIpc) is 3.24. The molecule has 0 bridgehead atoms. The highest BCUT2D eigenvalue weighted by Gasteiger charge is 2.25. The van der Waals surface area contributed by atoms with Crippen LogP contribution in [0.3, 0.4) is 0 Å². The number of aryl methyl sites for hydroxylation is 1. The van der Waals surface area contributed by atoms with Crippen molar-refractivity contribution in [1.82, 2.24) is 19.8 Å². The molecular weight excluding hydrogens is 386 g/mol. The molecule has 0 amide bonds. The van der Waals surface area contributed by atoms with Crippen LogP contribution in [0.25, 0.3) is 0 Å². The molecule has 4 rings (SSSR count). The number of benzene rings is 2. The van der Waals surface area contributed by atoms with Crippen LogP contribution in [-0.4, -0.2) is 53.7 Å². The number of ether oxygens (including phenoxy) is 1. The van der Waals surface area contributed by atoms with E-state index in [1.54, 1.807) is 0 Å². The number of nitrogens with one attached hydrogen (secondary N) is 1.